The molecular weight excluding hydrogens is 510 g/mol. The van der Waals surface area contributed by atoms with Crippen LogP contribution in [-0.2, 0) is 17.9 Å². The lowest BCUT2D eigenvalue weighted by Gasteiger charge is -2.22. The van der Waals surface area contributed by atoms with Crippen LogP contribution in [0, 0.1) is 5.82 Å². The van der Waals surface area contributed by atoms with E-state index >= 15 is 0 Å². The fraction of sp³-hybridized carbons (Fsp3) is 0.391. The Morgan fingerprint density at radius 1 is 1.16 bits per heavy atom. The summed E-state index contributed by atoms with van der Waals surface area (Å²) in [6.45, 7) is 2.95. The fourth-order valence-electron chi connectivity index (χ4n) is 3.45. The Kier molecular flexibility index (Phi) is 10.0. The number of carbonyl (C=O) groups is 1. The van der Waals surface area contributed by atoms with Gasteiger partial charge in [-0.15, -0.1) is 24.0 Å². The topological polar surface area (TPSA) is 57.2 Å². The number of ether oxygens (including phenoxy) is 1. The number of amides is 1. The van der Waals surface area contributed by atoms with E-state index in [-0.39, 0.29) is 41.5 Å². The van der Waals surface area contributed by atoms with Crippen molar-refractivity contribution in [3.05, 3.63) is 65.5 Å². The van der Waals surface area contributed by atoms with Crippen LogP contribution in [-0.4, -0.2) is 55.5 Å². The first-order chi connectivity index (χ1) is 14.6. The highest BCUT2D eigenvalue weighted by Gasteiger charge is 2.22. The van der Waals surface area contributed by atoms with E-state index in [1.807, 2.05) is 29.0 Å². The van der Waals surface area contributed by atoms with Crippen molar-refractivity contribution in [1.29, 1.82) is 0 Å². The van der Waals surface area contributed by atoms with Gasteiger partial charge >= 0.3 is 0 Å². The molecule has 31 heavy (non-hydrogen) atoms. The van der Waals surface area contributed by atoms with Gasteiger partial charge in [-0.05, 0) is 29.7 Å². The summed E-state index contributed by atoms with van der Waals surface area (Å²) in [5.74, 6) is 0.771. The average Bonchev–Trinajstić information content (AvgIpc) is 3.19. The van der Waals surface area contributed by atoms with Crippen LogP contribution in [0.25, 0.3) is 0 Å². The van der Waals surface area contributed by atoms with Crippen LogP contribution in [0.15, 0.2) is 53.5 Å². The molecule has 6 nitrogen and oxygen atoms in total. The Labute approximate surface area is 200 Å². The number of carbonyl (C=O) groups excluding carboxylic acids is 1. The van der Waals surface area contributed by atoms with Crippen LogP contribution in [0.4, 0.5) is 4.39 Å². The van der Waals surface area contributed by atoms with Gasteiger partial charge in [-0.2, -0.15) is 0 Å². The van der Waals surface area contributed by atoms with Crippen LogP contribution in [0.2, 0.25) is 0 Å². The highest BCUT2D eigenvalue weighted by Crippen LogP contribution is 2.22. The van der Waals surface area contributed by atoms with Crippen LogP contribution >= 0.6 is 24.0 Å². The van der Waals surface area contributed by atoms with Gasteiger partial charge in [0.25, 0.3) is 0 Å². The van der Waals surface area contributed by atoms with E-state index in [4.69, 9.17) is 4.74 Å². The summed E-state index contributed by atoms with van der Waals surface area (Å²) in [7, 11) is 3.61. The predicted octanol–water partition coefficient (Wildman–Crippen LogP) is 3.65. The van der Waals surface area contributed by atoms with E-state index in [1.165, 1.54) is 17.2 Å². The fourth-order valence-corrected chi connectivity index (χ4v) is 3.45. The third-order valence-electron chi connectivity index (χ3n) is 5.14. The molecule has 2 aromatic carbocycles. The molecule has 1 aliphatic heterocycles. The number of benzene rings is 2. The minimum atomic E-state index is -0.367. The molecule has 0 bridgehead atoms. The van der Waals surface area contributed by atoms with E-state index in [2.05, 4.69) is 22.4 Å². The Bertz CT molecular complexity index is 868. The molecule has 0 unspecified atom stereocenters. The molecule has 0 radical (unpaired) electrons. The number of fused-ring (bicyclic) bond motifs is 1. The summed E-state index contributed by atoms with van der Waals surface area (Å²) in [6, 6.07) is 14.6. The SMILES string of the molecule is CN=C(NCCCC(=O)N1Cc2ccccc2C1)N(C)CCOc1ccccc1F.I. The van der Waals surface area contributed by atoms with Gasteiger partial charge in [-0.25, -0.2) is 4.39 Å². The quantitative estimate of drug-likeness (QED) is 0.241. The predicted molar refractivity (Wildman–Crippen MR) is 131 cm³/mol. The van der Waals surface area contributed by atoms with Crippen molar-refractivity contribution in [3.63, 3.8) is 0 Å². The zero-order valence-corrected chi connectivity index (χ0v) is 20.3. The Balaban J connectivity index is 0.00000341. The Morgan fingerprint density at radius 2 is 1.81 bits per heavy atom. The smallest absolute Gasteiger partial charge is 0.223 e. The number of para-hydroxylation sites is 1. The van der Waals surface area contributed by atoms with Gasteiger partial charge < -0.3 is 19.9 Å². The number of hydrogen-bond donors (Lipinski definition) is 1. The summed E-state index contributed by atoms with van der Waals surface area (Å²) >= 11 is 0. The number of aliphatic imine (C=N–C) groups is 1. The molecular formula is C23H30FIN4O2. The Hall–Kier alpha value is -2.36. The van der Waals surface area contributed by atoms with Gasteiger partial charge in [0.2, 0.25) is 5.91 Å². The lowest BCUT2D eigenvalue weighted by Crippen LogP contribution is -2.41. The molecule has 0 spiro atoms. The maximum absolute atomic E-state index is 13.6. The maximum atomic E-state index is 13.6. The second kappa shape index (κ2) is 12.5. The zero-order chi connectivity index (χ0) is 21.3. The summed E-state index contributed by atoms with van der Waals surface area (Å²) in [5.41, 5.74) is 2.48. The maximum Gasteiger partial charge on any atom is 0.223 e. The minimum absolute atomic E-state index is 0. The van der Waals surface area contributed by atoms with Crippen molar-refractivity contribution >= 4 is 35.8 Å². The number of nitrogens with zero attached hydrogens (tertiary/aromatic N) is 3. The molecule has 0 saturated heterocycles. The minimum Gasteiger partial charge on any atom is -0.489 e. The molecule has 0 aromatic heterocycles. The van der Waals surface area contributed by atoms with Crippen molar-refractivity contribution in [2.24, 2.45) is 4.99 Å². The van der Waals surface area contributed by atoms with Gasteiger partial charge in [0, 0.05) is 40.2 Å². The third-order valence-corrected chi connectivity index (χ3v) is 5.14. The number of guanidine groups is 1. The van der Waals surface area contributed by atoms with Crippen molar-refractivity contribution in [1.82, 2.24) is 15.1 Å². The van der Waals surface area contributed by atoms with E-state index in [9.17, 15) is 9.18 Å². The lowest BCUT2D eigenvalue weighted by atomic mass is 10.1. The molecule has 1 amide bonds. The molecule has 0 aliphatic carbocycles. The molecule has 8 heteroatoms. The van der Waals surface area contributed by atoms with Gasteiger partial charge in [0.15, 0.2) is 17.5 Å². The highest BCUT2D eigenvalue weighted by molar-refractivity contribution is 14.0. The molecule has 1 aliphatic rings. The van der Waals surface area contributed by atoms with E-state index in [1.54, 1.807) is 25.2 Å². The number of nitrogens with one attached hydrogen (secondary N) is 1. The number of likely N-dealkylation sites (N-methyl/N-ethyl adjacent to an activating group) is 1. The van der Waals surface area contributed by atoms with E-state index < -0.39 is 0 Å². The number of hydrogen-bond acceptors (Lipinski definition) is 3. The first-order valence-corrected chi connectivity index (χ1v) is 10.2. The van der Waals surface area contributed by atoms with E-state index in [0.29, 0.717) is 45.2 Å². The highest BCUT2D eigenvalue weighted by atomic mass is 127. The first kappa shape index (κ1) is 24.9. The van der Waals surface area contributed by atoms with Gasteiger partial charge in [0.05, 0.1) is 6.54 Å². The summed E-state index contributed by atoms with van der Waals surface area (Å²) in [4.78, 5) is 20.6. The van der Waals surface area contributed by atoms with Crippen LogP contribution < -0.4 is 10.1 Å². The second-order valence-electron chi connectivity index (χ2n) is 7.30. The molecule has 3 rings (SSSR count). The molecule has 0 fully saturated rings. The second-order valence-corrected chi connectivity index (χ2v) is 7.30. The average molecular weight is 540 g/mol. The van der Waals surface area contributed by atoms with Crippen LogP contribution in [0.1, 0.15) is 24.0 Å². The van der Waals surface area contributed by atoms with Crippen molar-refractivity contribution in [2.45, 2.75) is 25.9 Å². The standard InChI is InChI=1S/C23H29FN4O2.HI/c1-25-23(27(2)14-15-30-21-11-6-5-10-20(21)24)26-13-7-12-22(29)28-16-18-8-3-4-9-19(18)17-28;/h3-6,8-11H,7,12-17H2,1-2H3,(H,25,26);1H. The monoisotopic (exact) mass is 540 g/mol. The molecule has 168 valence electrons. The summed E-state index contributed by atoms with van der Waals surface area (Å²) in [6.07, 6.45) is 1.22. The van der Waals surface area contributed by atoms with Gasteiger partial charge in [-0.3, -0.25) is 9.79 Å². The van der Waals surface area contributed by atoms with Crippen LogP contribution in [0.5, 0.6) is 5.75 Å². The summed E-state index contributed by atoms with van der Waals surface area (Å²) < 4.78 is 19.1. The van der Waals surface area contributed by atoms with Crippen molar-refractivity contribution < 1.29 is 13.9 Å². The first-order valence-electron chi connectivity index (χ1n) is 10.2. The molecule has 2 aromatic rings. The molecule has 0 saturated carbocycles. The normalized spacial score (nSPS) is 12.7. The van der Waals surface area contributed by atoms with Gasteiger partial charge in [-0.1, -0.05) is 36.4 Å². The van der Waals surface area contributed by atoms with Crippen LogP contribution in [0.3, 0.4) is 0 Å². The summed E-state index contributed by atoms with van der Waals surface area (Å²) in [5, 5.41) is 3.27. The number of rotatable bonds is 8. The van der Waals surface area contributed by atoms with Crippen molar-refractivity contribution in [3.8, 4) is 5.75 Å². The molecule has 1 heterocycles. The van der Waals surface area contributed by atoms with E-state index in [0.717, 1.165) is 6.42 Å². The zero-order valence-electron chi connectivity index (χ0n) is 18.0. The molecule has 1 N–H and O–H groups in total. The number of halogens is 2. The third kappa shape index (κ3) is 7.09. The lowest BCUT2D eigenvalue weighted by molar-refractivity contribution is -0.131. The molecule has 0 atom stereocenters. The van der Waals surface area contributed by atoms with Crippen molar-refractivity contribution in [2.75, 3.05) is 33.8 Å². The van der Waals surface area contributed by atoms with Gasteiger partial charge in [0.1, 0.15) is 6.61 Å². The largest absolute Gasteiger partial charge is 0.489 e. The Morgan fingerprint density at radius 3 is 2.45 bits per heavy atom.